The van der Waals surface area contributed by atoms with Gasteiger partial charge in [0, 0.05) is 42.9 Å². The monoisotopic (exact) mass is 1330 g/mol. The van der Waals surface area contributed by atoms with Crippen molar-refractivity contribution in [3.8, 4) is 11.5 Å². The zero-order valence-electron chi connectivity index (χ0n) is 53.4. The lowest BCUT2D eigenvalue weighted by molar-refractivity contribution is -0.142. The van der Waals surface area contributed by atoms with E-state index in [-0.39, 0.29) is 87.8 Å². The largest absolute Gasteiger partial charge is 0.508 e. The summed E-state index contributed by atoms with van der Waals surface area (Å²) < 4.78 is 0. The van der Waals surface area contributed by atoms with Gasteiger partial charge in [0.1, 0.15) is 59.8 Å². The van der Waals surface area contributed by atoms with Crippen molar-refractivity contribution in [1.82, 2.24) is 58.2 Å². The number of aliphatic hydroxyl groups is 1. The average molecular weight is 1330 g/mol. The molecule has 0 bridgehead atoms. The van der Waals surface area contributed by atoms with Crippen LogP contribution in [0.1, 0.15) is 81.0 Å². The number of carbonyl (C=O) groups excluding carboxylic acids is 10. The van der Waals surface area contributed by atoms with E-state index in [2.05, 4.69) is 58.2 Å². The van der Waals surface area contributed by atoms with E-state index in [1.165, 1.54) is 36.4 Å². The van der Waals surface area contributed by atoms with Crippen molar-refractivity contribution in [2.24, 2.45) is 28.9 Å². The van der Waals surface area contributed by atoms with Crippen LogP contribution in [0.4, 0.5) is 0 Å². The quantitative estimate of drug-likeness (QED) is 0.0110. The Kier molecular flexibility index (Phi) is 30.5. The van der Waals surface area contributed by atoms with Crippen LogP contribution in [0.3, 0.4) is 0 Å². The van der Waals surface area contributed by atoms with Crippen LogP contribution < -0.4 is 76.1 Å². The number of hydrogen-bond acceptors (Lipinski definition) is 17. The van der Waals surface area contributed by atoms with Crippen molar-refractivity contribution in [2.75, 3.05) is 26.2 Å². The lowest BCUT2D eigenvalue weighted by Gasteiger charge is -2.27. The molecule has 0 fully saturated rings. The number of benzene rings is 4. The summed E-state index contributed by atoms with van der Waals surface area (Å²) in [5, 5.41) is 73.4. The minimum atomic E-state index is -1.87. The summed E-state index contributed by atoms with van der Waals surface area (Å²) >= 11 is 0. The topological polar surface area (TPSA) is 533 Å². The van der Waals surface area contributed by atoms with E-state index in [1.807, 2.05) is 0 Å². The molecule has 24 N–H and O–H groups in total. The van der Waals surface area contributed by atoms with E-state index in [4.69, 9.17) is 28.3 Å². The molecule has 31 nitrogen and oxygen atoms in total. The lowest BCUT2D eigenvalue weighted by atomic mass is 10.0. The molecular formula is C65H88N16O15. The van der Waals surface area contributed by atoms with Crippen LogP contribution in [0.2, 0.25) is 0 Å². The van der Waals surface area contributed by atoms with Crippen LogP contribution in [0, 0.1) is 11.3 Å². The number of carboxylic acids is 1. The fourth-order valence-electron chi connectivity index (χ4n) is 10.2. The first-order valence-corrected chi connectivity index (χ1v) is 31.2. The third kappa shape index (κ3) is 25.7. The predicted octanol–water partition coefficient (Wildman–Crippen LogP) is -2.44. The molecule has 0 aliphatic carbocycles. The fraction of sp³-hybridized carbons (Fsp3) is 0.415. The highest BCUT2D eigenvalue weighted by Gasteiger charge is 2.36. The van der Waals surface area contributed by atoms with Crippen molar-refractivity contribution in [3.05, 3.63) is 132 Å². The Morgan fingerprint density at radius 3 is 1.57 bits per heavy atom. The number of aliphatic carboxylic acids is 1. The SMILES string of the molecule is CC(C)C[C@H](NC(=O)CNC(=O)[C@H](Cc1ccccc1)NC(=O)[C@H](CO)NC(=O)[C@H](CC(N)=O)NC(=O)[C@H](Cc1c[nH]c2ccccc12)NC(=O)[C@H](CCCCN)NC(=O)[C@@H](N)Cc1ccc(O)cc1)C(=O)N[C@@H](CCCNC(=N)N)C(=O)N[C@@H](Cc1ccc(O)cc1)C(=O)O. The lowest BCUT2D eigenvalue weighted by Crippen LogP contribution is -2.61. The van der Waals surface area contributed by atoms with E-state index < -0.39 is 139 Å². The van der Waals surface area contributed by atoms with Crippen molar-refractivity contribution < 1.29 is 73.2 Å². The Balaban J connectivity index is 1.31. The molecule has 0 aliphatic rings. The van der Waals surface area contributed by atoms with Crippen LogP contribution in [-0.2, 0) is 78.4 Å². The van der Waals surface area contributed by atoms with Crippen molar-refractivity contribution >= 4 is 81.9 Å². The number of aliphatic hydroxyl groups excluding tert-OH is 1. The van der Waals surface area contributed by atoms with E-state index in [0.717, 1.165) is 0 Å². The number of para-hydroxylation sites is 1. The molecular weight excluding hydrogens is 1240 g/mol. The third-order valence-corrected chi connectivity index (χ3v) is 15.2. The van der Waals surface area contributed by atoms with Crippen LogP contribution in [0.5, 0.6) is 11.5 Å². The molecule has 4 aromatic carbocycles. The molecule has 31 heteroatoms. The van der Waals surface area contributed by atoms with Gasteiger partial charge in [-0.25, -0.2) is 4.79 Å². The van der Waals surface area contributed by atoms with Crippen LogP contribution in [0.15, 0.2) is 109 Å². The summed E-state index contributed by atoms with van der Waals surface area (Å²) in [6, 6.07) is 13.6. The number of aromatic hydroxyl groups is 2. The highest BCUT2D eigenvalue weighted by Crippen LogP contribution is 2.21. The Morgan fingerprint density at radius 2 is 0.990 bits per heavy atom. The molecule has 518 valence electrons. The molecule has 9 atom stereocenters. The minimum Gasteiger partial charge on any atom is -0.508 e. The number of carboxylic acid groups (broad SMARTS) is 1. The number of fused-ring (bicyclic) bond motifs is 1. The number of unbranched alkanes of at least 4 members (excludes halogenated alkanes) is 1. The number of H-pyrrole nitrogens is 1. The number of carbonyl (C=O) groups is 11. The Bertz CT molecular complexity index is 3460. The first-order chi connectivity index (χ1) is 45.7. The maximum absolute atomic E-state index is 14.6. The number of guanidine groups is 1. The van der Waals surface area contributed by atoms with Gasteiger partial charge in [-0.1, -0.05) is 86.6 Å². The smallest absolute Gasteiger partial charge is 0.326 e. The number of hydrogen-bond donors (Lipinski definition) is 20. The Morgan fingerprint density at radius 1 is 0.510 bits per heavy atom. The number of amides is 10. The van der Waals surface area contributed by atoms with Crippen LogP contribution >= 0.6 is 0 Å². The van der Waals surface area contributed by atoms with Crippen LogP contribution in [0.25, 0.3) is 10.9 Å². The number of aromatic nitrogens is 1. The van der Waals surface area contributed by atoms with E-state index >= 15 is 0 Å². The molecule has 0 radical (unpaired) electrons. The molecule has 0 aliphatic heterocycles. The zero-order chi connectivity index (χ0) is 70.4. The standard InChI is InChI=1S/C65H88N16O15/c1-36(2)27-48(60(91)76-47(16-10-26-71-65(69)70)59(90)80-52(64(95)96)30-39-19-23-42(84)24-20-39)74-55(86)34-73-57(88)49(29-37-11-4-3-5-12-37)77-63(94)53(35-82)81-62(93)51(32-54(68)85)79-61(92)50(31-40-33-72-45-14-7-6-13-43(40)45)78-58(89)46(15-8-9-25-66)75-56(87)44(67)28-38-17-21-41(83)22-18-38/h3-7,11-14,17-24,33,36,44,46-53,72,82-84H,8-10,15-16,25-32,34-35,66-67H2,1-2H3,(H2,68,85)(H,73,88)(H,74,86)(H,75,87)(H,76,91)(H,77,94)(H,78,89)(H,79,92)(H,80,90)(H,81,93)(H,95,96)(H4,69,70,71)/t44-,46-,47-,48-,49-,50-,51-,52-,53-/m0/s1. The molecule has 5 aromatic rings. The number of phenolic OH excluding ortho intramolecular Hbond substituents is 2. The summed E-state index contributed by atoms with van der Waals surface area (Å²) in [6.07, 6.45) is 1.13. The zero-order valence-corrected chi connectivity index (χ0v) is 53.4. The van der Waals surface area contributed by atoms with Crippen LogP contribution in [-0.4, -0.2) is 177 Å². The maximum atomic E-state index is 14.6. The van der Waals surface area contributed by atoms with Gasteiger partial charge in [-0.05, 0) is 110 Å². The second kappa shape index (κ2) is 38.5. The number of aromatic amines is 1. The summed E-state index contributed by atoms with van der Waals surface area (Å²) in [7, 11) is 0. The molecule has 10 amide bonds. The summed E-state index contributed by atoms with van der Waals surface area (Å²) in [5.41, 5.74) is 25.8. The second-order valence-electron chi connectivity index (χ2n) is 23.5. The summed E-state index contributed by atoms with van der Waals surface area (Å²) in [4.78, 5) is 154. The molecule has 0 spiro atoms. The number of nitrogens with one attached hydrogen (secondary N) is 12. The summed E-state index contributed by atoms with van der Waals surface area (Å²) in [5.74, 6) is -11.6. The Labute approximate surface area is 553 Å². The van der Waals surface area contributed by atoms with Gasteiger partial charge in [0.05, 0.1) is 25.6 Å². The molecule has 96 heavy (non-hydrogen) atoms. The molecule has 0 unspecified atom stereocenters. The van der Waals surface area contributed by atoms with Gasteiger partial charge in [-0.15, -0.1) is 0 Å². The highest BCUT2D eigenvalue weighted by atomic mass is 16.4. The van der Waals surface area contributed by atoms with E-state index in [0.29, 0.717) is 46.0 Å². The highest BCUT2D eigenvalue weighted by molar-refractivity contribution is 5.99. The first kappa shape index (κ1) is 76.1. The van der Waals surface area contributed by atoms with Gasteiger partial charge < -0.3 is 102 Å². The minimum absolute atomic E-state index is 0.00515. The molecule has 5 rings (SSSR count). The van der Waals surface area contributed by atoms with E-state index in [9.17, 15) is 73.2 Å². The Hall–Kier alpha value is -10.7. The first-order valence-electron chi connectivity index (χ1n) is 31.2. The number of primary amides is 1. The van der Waals surface area contributed by atoms with Gasteiger partial charge in [0.15, 0.2) is 5.96 Å². The number of phenols is 2. The molecule has 0 saturated carbocycles. The predicted molar refractivity (Wildman–Crippen MR) is 352 cm³/mol. The average Bonchev–Trinajstić information content (AvgIpc) is 1.64. The van der Waals surface area contributed by atoms with Gasteiger partial charge in [0.2, 0.25) is 59.1 Å². The van der Waals surface area contributed by atoms with Gasteiger partial charge in [-0.3, -0.25) is 53.4 Å². The van der Waals surface area contributed by atoms with Gasteiger partial charge in [0.25, 0.3) is 0 Å². The third-order valence-electron chi connectivity index (χ3n) is 15.2. The second-order valence-corrected chi connectivity index (χ2v) is 23.5. The van der Waals surface area contributed by atoms with Crippen molar-refractivity contribution in [1.29, 1.82) is 5.41 Å². The molecule has 1 aromatic heterocycles. The maximum Gasteiger partial charge on any atom is 0.326 e. The molecule has 0 saturated heterocycles. The van der Waals surface area contributed by atoms with Crippen molar-refractivity contribution in [3.63, 3.8) is 0 Å². The van der Waals surface area contributed by atoms with Gasteiger partial charge in [-0.2, -0.15) is 0 Å². The number of nitrogens with two attached hydrogens (primary N) is 4. The summed E-state index contributed by atoms with van der Waals surface area (Å²) in [6.45, 7) is 1.97. The van der Waals surface area contributed by atoms with Crippen molar-refractivity contribution in [2.45, 2.75) is 139 Å². The number of rotatable bonds is 40. The fourth-order valence-corrected chi connectivity index (χ4v) is 10.2. The molecule has 1 heterocycles. The van der Waals surface area contributed by atoms with E-state index in [1.54, 1.807) is 86.8 Å². The van der Waals surface area contributed by atoms with Gasteiger partial charge >= 0.3 is 5.97 Å². The normalized spacial score (nSPS) is 13.9.